The van der Waals surface area contributed by atoms with E-state index in [-0.39, 0.29) is 0 Å². The molecule has 1 rings (SSSR count). The van der Waals surface area contributed by atoms with Crippen LogP contribution in [0.5, 0.6) is 0 Å². The highest BCUT2D eigenvalue weighted by molar-refractivity contribution is 4.84. The number of hydrogen-bond donors (Lipinski definition) is 1. The highest BCUT2D eigenvalue weighted by Crippen LogP contribution is 2.27. The van der Waals surface area contributed by atoms with Gasteiger partial charge in [-0.1, -0.05) is 0 Å². The molecule has 1 aliphatic heterocycles. The van der Waals surface area contributed by atoms with Crippen molar-refractivity contribution in [1.29, 1.82) is 0 Å². The Morgan fingerprint density at radius 2 is 2.08 bits per heavy atom. The van der Waals surface area contributed by atoms with Gasteiger partial charge in [0.15, 0.2) is 0 Å². The van der Waals surface area contributed by atoms with Crippen molar-refractivity contribution in [3.05, 3.63) is 0 Å². The van der Waals surface area contributed by atoms with E-state index in [2.05, 4.69) is 5.32 Å². The first kappa shape index (κ1) is 10.8. The maximum Gasteiger partial charge on any atom is 0.406 e. The molecule has 2 nitrogen and oxygen atoms in total. The molecular weight excluding hydrogens is 183 g/mol. The molecule has 0 spiro atoms. The van der Waals surface area contributed by atoms with Crippen LogP contribution in [0.1, 0.15) is 19.3 Å². The predicted octanol–water partition coefficient (Wildman–Crippen LogP) is 1.71. The van der Waals surface area contributed by atoms with Gasteiger partial charge in [0.1, 0.15) is 6.04 Å². The van der Waals surface area contributed by atoms with Crippen LogP contribution in [0, 0.1) is 0 Å². The first-order valence-electron chi connectivity index (χ1n) is 4.41. The molecule has 0 bridgehead atoms. The standard InChI is InChI=1S/C8H14F3NO/c1-12-7(8(9,10)11)6-4-2-3-5-13-6/h6-7,12H,2-5H2,1H3. The molecule has 0 saturated carbocycles. The van der Waals surface area contributed by atoms with Crippen LogP contribution in [0.4, 0.5) is 13.2 Å². The van der Waals surface area contributed by atoms with Crippen LogP contribution in [0.2, 0.25) is 0 Å². The molecule has 1 N–H and O–H groups in total. The summed E-state index contributed by atoms with van der Waals surface area (Å²) in [7, 11) is 1.32. The minimum Gasteiger partial charge on any atom is -0.376 e. The van der Waals surface area contributed by atoms with E-state index in [0.717, 1.165) is 12.8 Å². The second kappa shape index (κ2) is 4.28. The number of hydrogen-bond acceptors (Lipinski definition) is 2. The molecule has 0 amide bonds. The lowest BCUT2D eigenvalue weighted by molar-refractivity contribution is -0.188. The topological polar surface area (TPSA) is 21.3 Å². The fraction of sp³-hybridized carbons (Fsp3) is 1.00. The molecule has 0 aromatic rings. The maximum atomic E-state index is 12.4. The van der Waals surface area contributed by atoms with Crippen LogP contribution >= 0.6 is 0 Å². The molecule has 1 fully saturated rings. The summed E-state index contributed by atoms with van der Waals surface area (Å²) in [5, 5.41) is 2.26. The summed E-state index contributed by atoms with van der Waals surface area (Å²) in [6.45, 7) is 0.443. The zero-order chi connectivity index (χ0) is 9.90. The van der Waals surface area contributed by atoms with E-state index < -0.39 is 18.3 Å². The lowest BCUT2D eigenvalue weighted by Gasteiger charge is -2.31. The Morgan fingerprint density at radius 3 is 2.46 bits per heavy atom. The molecule has 13 heavy (non-hydrogen) atoms. The van der Waals surface area contributed by atoms with Crippen LogP contribution in [0.3, 0.4) is 0 Å². The van der Waals surface area contributed by atoms with Crippen molar-refractivity contribution in [3.8, 4) is 0 Å². The van der Waals surface area contributed by atoms with Crippen molar-refractivity contribution in [2.45, 2.75) is 37.6 Å². The maximum absolute atomic E-state index is 12.4. The summed E-state index contributed by atoms with van der Waals surface area (Å²) in [4.78, 5) is 0. The third-order valence-electron chi connectivity index (χ3n) is 2.25. The number of halogens is 3. The Morgan fingerprint density at radius 1 is 1.38 bits per heavy atom. The predicted molar refractivity (Wildman–Crippen MR) is 42.5 cm³/mol. The van der Waals surface area contributed by atoms with E-state index in [1.807, 2.05) is 0 Å². The summed E-state index contributed by atoms with van der Waals surface area (Å²) >= 11 is 0. The molecule has 0 aliphatic carbocycles. The van der Waals surface area contributed by atoms with Crippen molar-refractivity contribution in [2.24, 2.45) is 0 Å². The highest BCUT2D eigenvalue weighted by Gasteiger charge is 2.44. The number of rotatable bonds is 2. The molecule has 2 unspecified atom stereocenters. The van der Waals surface area contributed by atoms with E-state index >= 15 is 0 Å². The number of alkyl halides is 3. The fourth-order valence-electron chi connectivity index (χ4n) is 1.59. The number of nitrogens with one attached hydrogen (secondary N) is 1. The average Bonchev–Trinajstić information content (AvgIpc) is 2.05. The molecule has 0 aromatic carbocycles. The van der Waals surface area contributed by atoms with Crippen molar-refractivity contribution in [2.75, 3.05) is 13.7 Å². The summed E-state index contributed by atoms with van der Waals surface area (Å²) < 4.78 is 42.2. The minimum absolute atomic E-state index is 0.443. The Kier molecular flexibility index (Phi) is 3.55. The van der Waals surface area contributed by atoms with Gasteiger partial charge >= 0.3 is 6.18 Å². The SMILES string of the molecule is CNC(C1CCCCO1)C(F)(F)F. The zero-order valence-electron chi connectivity index (χ0n) is 7.53. The van der Waals surface area contributed by atoms with Gasteiger partial charge in [-0.15, -0.1) is 0 Å². The van der Waals surface area contributed by atoms with E-state index in [4.69, 9.17) is 4.74 Å². The molecule has 0 aromatic heterocycles. The van der Waals surface area contributed by atoms with E-state index in [1.54, 1.807) is 0 Å². The molecule has 78 valence electrons. The van der Waals surface area contributed by atoms with Gasteiger partial charge in [0, 0.05) is 6.61 Å². The van der Waals surface area contributed by atoms with Gasteiger partial charge in [0.05, 0.1) is 6.10 Å². The van der Waals surface area contributed by atoms with Crippen molar-refractivity contribution in [1.82, 2.24) is 5.32 Å². The van der Waals surface area contributed by atoms with Gasteiger partial charge < -0.3 is 10.1 Å². The molecule has 0 radical (unpaired) electrons. The monoisotopic (exact) mass is 197 g/mol. The number of likely N-dealkylation sites (N-methyl/N-ethyl adjacent to an activating group) is 1. The van der Waals surface area contributed by atoms with Gasteiger partial charge in [0.2, 0.25) is 0 Å². The lowest BCUT2D eigenvalue weighted by atomic mass is 10.0. The summed E-state index contributed by atoms with van der Waals surface area (Å²) in [6, 6.07) is -1.52. The molecule has 1 heterocycles. The number of ether oxygens (including phenoxy) is 1. The Bertz CT molecular complexity index is 154. The minimum atomic E-state index is -4.21. The van der Waals surface area contributed by atoms with Crippen molar-refractivity contribution >= 4 is 0 Å². The van der Waals surface area contributed by atoms with E-state index in [0.29, 0.717) is 13.0 Å². The third-order valence-corrected chi connectivity index (χ3v) is 2.25. The largest absolute Gasteiger partial charge is 0.406 e. The van der Waals surface area contributed by atoms with Gasteiger partial charge in [-0.2, -0.15) is 13.2 Å². The second-order valence-electron chi connectivity index (χ2n) is 3.21. The van der Waals surface area contributed by atoms with Crippen LogP contribution in [0.25, 0.3) is 0 Å². The molecule has 1 aliphatic rings. The summed E-state index contributed by atoms with van der Waals surface area (Å²) in [6.07, 6.45) is -2.75. The lowest BCUT2D eigenvalue weighted by Crippen LogP contribution is -2.51. The van der Waals surface area contributed by atoms with Crippen LogP contribution in [-0.4, -0.2) is 32.0 Å². The Hall–Kier alpha value is -0.290. The molecule has 2 atom stereocenters. The van der Waals surface area contributed by atoms with E-state index in [9.17, 15) is 13.2 Å². The highest BCUT2D eigenvalue weighted by atomic mass is 19.4. The smallest absolute Gasteiger partial charge is 0.376 e. The fourth-order valence-corrected chi connectivity index (χ4v) is 1.59. The van der Waals surface area contributed by atoms with E-state index in [1.165, 1.54) is 7.05 Å². The van der Waals surface area contributed by atoms with Gasteiger partial charge in [-0.05, 0) is 26.3 Å². The normalized spacial score (nSPS) is 27.2. The quantitative estimate of drug-likeness (QED) is 0.727. The Labute approximate surface area is 75.4 Å². The van der Waals surface area contributed by atoms with Crippen LogP contribution < -0.4 is 5.32 Å². The van der Waals surface area contributed by atoms with Crippen LogP contribution in [-0.2, 0) is 4.74 Å². The van der Waals surface area contributed by atoms with Crippen molar-refractivity contribution in [3.63, 3.8) is 0 Å². The summed E-state index contributed by atoms with van der Waals surface area (Å²) in [5.74, 6) is 0. The average molecular weight is 197 g/mol. The van der Waals surface area contributed by atoms with Crippen molar-refractivity contribution < 1.29 is 17.9 Å². The molecule has 5 heteroatoms. The van der Waals surface area contributed by atoms with Gasteiger partial charge in [-0.25, -0.2) is 0 Å². The summed E-state index contributed by atoms with van der Waals surface area (Å²) in [5.41, 5.74) is 0. The first-order chi connectivity index (χ1) is 6.05. The van der Waals surface area contributed by atoms with Gasteiger partial charge in [0.25, 0.3) is 0 Å². The second-order valence-corrected chi connectivity index (χ2v) is 3.21. The van der Waals surface area contributed by atoms with Crippen LogP contribution in [0.15, 0.2) is 0 Å². The molecular formula is C8H14F3NO. The third kappa shape index (κ3) is 2.84. The zero-order valence-corrected chi connectivity index (χ0v) is 7.53. The molecule has 1 saturated heterocycles. The first-order valence-corrected chi connectivity index (χ1v) is 4.41. The Balaban J connectivity index is 2.54. The van der Waals surface area contributed by atoms with Gasteiger partial charge in [-0.3, -0.25) is 0 Å².